The summed E-state index contributed by atoms with van der Waals surface area (Å²) in [7, 11) is 0. The highest BCUT2D eigenvalue weighted by molar-refractivity contribution is 5.19. The van der Waals surface area contributed by atoms with Gasteiger partial charge in [-0.2, -0.15) is 19.6 Å². The van der Waals surface area contributed by atoms with E-state index in [1.54, 1.807) is 20.8 Å². The van der Waals surface area contributed by atoms with Gasteiger partial charge in [0, 0.05) is 5.56 Å². The van der Waals surface area contributed by atoms with Gasteiger partial charge in [-0.3, -0.25) is 0 Å². The van der Waals surface area contributed by atoms with Crippen molar-refractivity contribution in [2.45, 2.75) is 32.3 Å². The zero-order chi connectivity index (χ0) is 10.9. The van der Waals surface area contributed by atoms with E-state index >= 15 is 0 Å². The zero-order valence-corrected chi connectivity index (χ0v) is 9.02. The van der Waals surface area contributed by atoms with Crippen molar-refractivity contribution < 1.29 is 19.6 Å². The first-order chi connectivity index (χ1) is 7.02. The number of benzene rings is 1. The molecule has 0 N–H and O–H groups in total. The molecule has 1 aromatic rings. The van der Waals surface area contributed by atoms with E-state index in [0.717, 1.165) is 5.56 Å². The molecule has 4 heteroatoms. The molecule has 1 aliphatic heterocycles. The van der Waals surface area contributed by atoms with E-state index in [0.29, 0.717) is 0 Å². The van der Waals surface area contributed by atoms with Gasteiger partial charge in [0.05, 0.1) is 0 Å². The third kappa shape index (κ3) is 2.18. The van der Waals surface area contributed by atoms with Gasteiger partial charge < -0.3 is 0 Å². The summed E-state index contributed by atoms with van der Waals surface area (Å²) >= 11 is 0. The highest BCUT2D eigenvalue weighted by atomic mass is 17.4. The van der Waals surface area contributed by atoms with Crippen LogP contribution in [0.25, 0.3) is 0 Å². The molecule has 0 aromatic heterocycles. The molecule has 1 aromatic carbocycles. The van der Waals surface area contributed by atoms with Crippen molar-refractivity contribution in [3.05, 3.63) is 35.9 Å². The minimum Gasteiger partial charge on any atom is -0.195 e. The molecular formula is C11H14O4. The smallest absolute Gasteiger partial charge is 0.195 e. The second kappa shape index (κ2) is 3.57. The molecule has 15 heavy (non-hydrogen) atoms. The molecule has 0 bridgehead atoms. The van der Waals surface area contributed by atoms with Gasteiger partial charge in [0.25, 0.3) is 5.79 Å². The van der Waals surface area contributed by atoms with Crippen LogP contribution in [0.4, 0.5) is 0 Å². The standard InChI is InChI=1S/C11H14O4/c1-10(2)12-14-11(3,15-13-10)9-7-5-4-6-8-9/h4-8H,1-3H3. The molecule has 1 fully saturated rings. The summed E-state index contributed by atoms with van der Waals surface area (Å²) in [6, 6.07) is 9.47. The van der Waals surface area contributed by atoms with Crippen molar-refractivity contribution in [1.82, 2.24) is 0 Å². The fourth-order valence-electron chi connectivity index (χ4n) is 1.22. The molecule has 1 saturated heterocycles. The normalized spacial score (nSPS) is 23.7. The molecule has 0 saturated carbocycles. The third-order valence-corrected chi connectivity index (χ3v) is 2.10. The third-order valence-electron chi connectivity index (χ3n) is 2.10. The predicted molar refractivity (Wildman–Crippen MR) is 52.2 cm³/mol. The number of rotatable bonds is 1. The van der Waals surface area contributed by atoms with E-state index in [1.165, 1.54) is 0 Å². The summed E-state index contributed by atoms with van der Waals surface area (Å²) < 4.78 is 0. The van der Waals surface area contributed by atoms with Crippen molar-refractivity contribution in [3.63, 3.8) is 0 Å². The average Bonchev–Trinajstić information content (AvgIpc) is 2.24. The quantitative estimate of drug-likeness (QED) is 0.667. The topological polar surface area (TPSA) is 36.9 Å². The molecular weight excluding hydrogens is 196 g/mol. The van der Waals surface area contributed by atoms with E-state index in [9.17, 15) is 0 Å². The summed E-state index contributed by atoms with van der Waals surface area (Å²) in [5, 5.41) is 0. The molecule has 0 atom stereocenters. The molecule has 1 heterocycles. The van der Waals surface area contributed by atoms with Gasteiger partial charge in [0.1, 0.15) is 0 Å². The van der Waals surface area contributed by atoms with Crippen LogP contribution in [-0.2, 0) is 25.3 Å². The van der Waals surface area contributed by atoms with E-state index in [1.807, 2.05) is 30.3 Å². The Balaban J connectivity index is 2.17. The summed E-state index contributed by atoms with van der Waals surface area (Å²) in [5.74, 6) is -1.90. The van der Waals surface area contributed by atoms with Crippen LogP contribution in [0.15, 0.2) is 30.3 Å². The molecule has 0 radical (unpaired) electrons. The Morgan fingerprint density at radius 2 is 1.33 bits per heavy atom. The monoisotopic (exact) mass is 210 g/mol. The van der Waals surface area contributed by atoms with Crippen LogP contribution < -0.4 is 0 Å². The summed E-state index contributed by atoms with van der Waals surface area (Å²) in [4.78, 5) is 20.6. The maximum absolute atomic E-state index is 5.22. The van der Waals surface area contributed by atoms with Gasteiger partial charge >= 0.3 is 0 Å². The minimum absolute atomic E-state index is 0.834. The first-order valence-corrected chi connectivity index (χ1v) is 4.81. The van der Waals surface area contributed by atoms with Crippen molar-refractivity contribution in [3.8, 4) is 0 Å². The second-order valence-corrected chi connectivity index (χ2v) is 4.04. The second-order valence-electron chi connectivity index (χ2n) is 4.04. The first-order valence-electron chi connectivity index (χ1n) is 4.81. The van der Waals surface area contributed by atoms with Crippen molar-refractivity contribution in [2.75, 3.05) is 0 Å². The lowest BCUT2D eigenvalue weighted by Crippen LogP contribution is -2.44. The average molecular weight is 210 g/mol. The first kappa shape index (κ1) is 10.6. The SMILES string of the molecule is CC1(C)OOC(C)(c2ccccc2)OO1. The lowest BCUT2D eigenvalue weighted by Gasteiger charge is -2.38. The number of hydrogen-bond acceptors (Lipinski definition) is 4. The molecule has 2 rings (SSSR count). The fraction of sp³-hybridized carbons (Fsp3) is 0.455. The maximum atomic E-state index is 5.22. The molecule has 82 valence electrons. The maximum Gasteiger partial charge on any atom is 0.256 e. The van der Waals surface area contributed by atoms with Gasteiger partial charge in [-0.05, 0) is 20.8 Å². The van der Waals surface area contributed by atoms with Gasteiger partial charge in [-0.1, -0.05) is 30.3 Å². The summed E-state index contributed by atoms with van der Waals surface area (Å²) in [5.41, 5.74) is 0.834. The largest absolute Gasteiger partial charge is 0.256 e. The van der Waals surface area contributed by atoms with Gasteiger partial charge in [-0.25, -0.2) is 0 Å². The highest BCUT2D eigenvalue weighted by Gasteiger charge is 2.42. The molecule has 0 spiro atoms. The van der Waals surface area contributed by atoms with Gasteiger partial charge in [0.2, 0.25) is 5.79 Å². The predicted octanol–water partition coefficient (Wildman–Crippen LogP) is 2.51. The van der Waals surface area contributed by atoms with Crippen LogP contribution in [0.5, 0.6) is 0 Å². The van der Waals surface area contributed by atoms with E-state index in [4.69, 9.17) is 19.6 Å². The Hall–Kier alpha value is -0.940. The molecule has 1 aliphatic rings. The van der Waals surface area contributed by atoms with Crippen LogP contribution in [0.1, 0.15) is 26.3 Å². The van der Waals surface area contributed by atoms with Crippen LogP contribution in [0.2, 0.25) is 0 Å². The van der Waals surface area contributed by atoms with Crippen molar-refractivity contribution in [2.24, 2.45) is 0 Å². The van der Waals surface area contributed by atoms with Gasteiger partial charge in [0.15, 0.2) is 0 Å². The van der Waals surface area contributed by atoms with E-state index in [2.05, 4.69) is 0 Å². The Morgan fingerprint density at radius 3 is 1.87 bits per heavy atom. The highest BCUT2D eigenvalue weighted by Crippen LogP contribution is 2.35. The van der Waals surface area contributed by atoms with Crippen molar-refractivity contribution >= 4 is 0 Å². The van der Waals surface area contributed by atoms with Crippen LogP contribution in [0, 0.1) is 0 Å². The van der Waals surface area contributed by atoms with Crippen LogP contribution in [-0.4, -0.2) is 5.79 Å². The Kier molecular flexibility index (Phi) is 2.52. The van der Waals surface area contributed by atoms with E-state index < -0.39 is 11.6 Å². The molecule has 4 nitrogen and oxygen atoms in total. The van der Waals surface area contributed by atoms with Crippen LogP contribution >= 0.6 is 0 Å². The van der Waals surface area contributed by atoms with E-state index in [-0.39, 0.29) is 0 Å². The zero-order valence-electron chi connectivity index (χ0n) is 9.02. The summed E-state index contributed by atoms with van der Waals surface area (Å²) in [6.07, 6.45) is 0. The summed E-state index contributed by atoms with van der Waals surface area (Å²) in [6.45, 7) is 5.15. The molecule has 0 unspecified atom stereocenters. The molecule has 0 aliphatic carbocycles. The van der Waals surface area contributed by atoms with Gasteiger partial charge in [-0.15, -0.1) is 0 Å². The minimum atomic E-state index is -1.02. The van der Waals surface area contributed by atoms with Crippen molar-refractivity contribution in [1.29, 1.82) is 0 Å². The lowest BCUT2D eigenvalue weighted by molar-refractivity contribution is -0.654. The Labute approximate surface area is 88.6 Å². The fourth-order valence-corrected chi connectivity index (χ4v) is 1.22. The number of hydrogen-bond donors (Lipinski definition) is 0. The Morgan fingerprint density at radius 1 is 0.800 bits per heavy atom. The Bertz CT molecular complexity index is 324. The van der Waals surface area contributed by atoms with Crippen LogP contribution in [0.3, 0.4) is 0 Å². The lowest BCUT2D eigenvalue weighted by atomic mass is 10.1. The molecule has 0 amide bonds.